The van der Waals surface area contributed by atoms with Gasteiger partial charge in [0, 0.05) is 17.9 Å². The van der Waals surface area contributed by atoms with E-state index in [9.17, 15) is 0 Å². The van der Waals surface area contributed by atoms with E-state index in [4.69, 9.17) is 0 Å². The highest BCUT2D eigenvalue weighted by Crippen LogP contribution is 2.15. The summed E-state index contributed by atoms with van der Waals surface area (Å²) in [5, 5.41) is 3.43. The van der Waals surface area contributed by atoms with E-state index < -0.39 is 0 Å². The summed E-state index contributed by atoms with van der Waals surface area (Å²) in [6, 6.07) is 6.75. The van der Waals surface area contributed by atoms with Crippen LogP contribution in [-0.4, -0.2) is 18.1 Å². The van der Waals surface area contributed by atoms with Crippen molar-refractivity contribution in [1.29, 1.82) is 0 Å². The first-order valence-electron chi connectivity index (χ1n) is 6.35. The molecule has 0 aliphatic rings. The second kappa shape index (κ2) is 7.39. The number of nitrogens with zero attached hydrogens (tertiary/aromatic N) is 1. The highest BCUT2D eigenvalue weighted by Gasteiger charge is 2.14. The van der Waals surface area contributed by atoms with E-state index in [1.54, 1.807) is 0 Å². The van der Waals surface area contributed by atoms with Gasteiger partial charge in [-0.05, 0) is 44.4 Å². The van der Waals surface area contributed by atoms with Crippen molar-refractivity contribution in [1.82, 2.24) is 10.3 Å². The van der Waals surface area contributed by atoms with Crippen LogP contribution in [0, 0.1) is 5.92 Å². The molecule has 0 aliphatic heterocycles. The third kappa shape index (κ3) is 4.31. The molecular formula is C14H24N2. The van der Waals surface area contributed by atoms with Gasteiger partial charge in [-0.3, -0.25) is 4.98 Å². The van der Waals surface area contributed by atoms with Crippen molar-refractivity contribution < 1.29 is 0 Å². The van der Waals surface area contributed by atoms with Crippen LogP contribution < -0.4 is 5.32 Å². The fraction of sp³-hybridized carbons (Fsp3) is 0.643. The molecule has 1 aromatic rings. The summed E-state index contributed by atoms with van der Waals surface area (Å²) in [4.78, 5) is 4.36. The van der Waals surface area contributed by atoms with Gasteiger partial charge >= 0.3 is 0 Å². The molecule has 0 spiro atoms. The van der Waals surface area contributed by atoms with Crippen LogP contribution in [0.4, 0.5) is 0 Å². The summed E-state index contributed by atoms with van der Waals surface area (Å²) in [7, 11) is 2.06. The minimum absolute atomic E-state index is 0.613. The predicted molar refractivity (Wildman–Crippen MR) is 69.5 cm³/mol. The lowest BCUT2D eigenvalue weighted by atomic mass is 9.93. The summed E-state index contributed by atoms with van der Waals surface area (Å²) >= 11 is 0. The van der Waals surface area contributed by atoms with Gasteiger partial charge in [-0.2, -0.15) is 0 Å². The van der Waals surface area contributed by atoms with Crippen LogP contribution in [0.2, 0.25) is 0 Å². The minimum atomic E-state index is 0.613. The fourth-order valence-corrected chi connectivity index (χ4v) is 2.22. The molecule has 2 nitrogen and oxygen atoms in total. The zero-order valence-corrected chi connectivity index (χ0v) is 10.7. The van der Waals surface area contributed by atoms with E-state index >= 15 is 0 Å². The largest absolute Gasteiger partial charge is 0.317 e. The van der Waals surface area contributed by atoms with Gasteiger partial charge in [0.2, 0.25) is 0 Å². The Bertz CT molecular complexity index is 271. The van der Waals surface area contributed by atoms with Gasteiger partial charge in [-0.15, -0.1) is 0 Å². The monoisotopic (exact) mass is 220 g/mol. The number of aromatic nitrogens is 1. The van der Waals surface area contributed by atoms with Crippen molar-refractivity contribution in [3.05, 3.63) is 30.1 Å². The molecule has 0 aliphatic carbocycles. The Balaban J connectivity index is 2.39. The number of aryl methyl sites for hydroxylation is 1. The lowest BCUT2D eigenvalue weighted by molar-refractivity contribution is 0.355. The van der Waals surface area contributed by atoms with E-state index in [-0.39, 0.29) is 0 Å². The maximum atomic E-state index is 4.36. The third-order valence-electron chi connectivity index (χ3n) is 3.24. The zero-order chi connectivity index (χ0) is 11.8. The molecule has 0 aromatic carbocycles. The third-order valence-corrected chi connectivity index (χ3v) is 3.24. The lowest BCUT2D eigenvalue weighted by Crippen LogP contribution is -2.32. The number of rotatable bonds is 7. The highest BCUT2D eigenvalue weighted by atomic mass is 14.9. The fourth-order valence-electron chi connectivity index (χ4n) is 2.22. The second-order valence-electron chi connectivity index (χ2n) is 4.52. The van der Waals surface area contributed by atoms with Gasteiger partial charge < -0.3 is 5.32 Å². The Morgan fingerprint density at radius 2 is 2.12 bits per heavy atom. The van der Waals surface area contributed by atoms with Crippen LogP contribution in [0.15, 0.2) is 24.4 Å². The Kier molecular flexibility index (Phi) is 6.09. The topological polar surface area (TPSA) is 24.9 Å². The van der Waals surface area contributed by atoms with Crippen molar-refractivity contribution in [2.24, 2.45) is 5.92 Å². The van der Waals surface area contributed by atoms with Crippen molar-refractivity contribution >= 4 is 0 Å². The maximum Gasteiger partial charge on any atom is 0.0404 e. The molecule has 1 N–H and O–H groups in total. The van der Waals surface area contributed by atoms with Crippen LogP contribution in [0.3, 0.4) is 0 Å². The van der Waals surface area contributed by atoms with Gasteiger partial charge in [-0.1, -0.05) is 26.3 Å². The van der Waals surface area contributed by atoms with Gasteiger partial charge in [0.05, 0.1) is 0 Å². The van der Waals surface area contributed by atoms with Crippen molar-refractivity contribution in [3.63, 3.8) is 0 Å². The number of pyridine rings is 1. The first-order chi connectivity index (χ1) is 7.77. The number of nitrogens with one attached hydrogen (secondary N) is 1. The van der Waals surface area contributed by atoms with Crippen LogP contribution >= 0.6 is 0 Å². The van der Waals surface area contributed by atoms with Gasteiger partial charge in [-0.25, -0.2) is 0 Å². The first-order valence-corrected chi connectivity index (χ1v) is 6.35. The molecule has 0 radical (unpaired) electrons. The smallest absolute Gasteiger partial charge is 0.0404 e. The molecule has 0 saturated heterocycles. The molecule has 0 saturated carbocycles. The summed E-state index contributed by atoms with van der Waals surface area (Å²) < 4.78 is 0. The molecule has 0 bridgehead atoms. The molecule has 0 amide bonds. The van der Waals surface area contributed by atoms with Crippen LogP contribution in [-0.2, 0) is 6.42 Å². The molecule has 1 heterocycles. The summed E-state index contributed by atoms with van der Waals surface area (Å²) in [5.41, 5.74) is 1.20. The van der Waals surface area contributed by atoms with Crippen molar-refractivity contribution in [3.8, 4) is 0 Å². The van der Waals surface area contributed by atoms with E-state index in [0.717, 1.165) is 12.3 Å². The SMILES string of the molecule is CCCC(C)C(CCc1ccccn1)NC. The molecule has 2 atom stereocenters. The Morgan fingerprint density at radius 3 is 2.69 bits per heavy atom. The molecular weight excluding hydrogens is 196 g/mol. The number of hydrogen-bond donors (Lipinski definition) is 1. The quantitative estimate of drug-likeness (QED) is 0.764. The van der Waals surface area contributed by atoms with Gasteiger partial charge in [0.1, 0.15) is 0 Å². The van der Waals surface area contributed by atoms with E-state index in [1.807, 2.05) is 12.3 Å². The molecule has 1 rings (SSSR count). The zero-order valence-electron chi connectivity index (χ0n) is 10.7. The van der Waals surface area contributed by atoms with Gasteiger partial charge in [0.25, 0.3) is 0 Å². The molecule has 1 aromatic heterocycles. The second-order valence-corrected chi connectivity index (χ2v) is 4.52. The molecule has 90 valence electrons. The predicted octanol–water partition coefficient (Wildman–Crippen LogP) is 3.04. The Morgan fingerprint density at radius 1 is 1.31 bits per heavy atom. The Labute approximate surface area is 99.5 Å². The average molecular weight is 220 g/mol. The normalized spacial score (nSPS) is 14.7. The minimum Gasteiger partial charge on any atom is -0.317 e. The standard InChI is InChI=1S/C14H24N2/c1-4-7-12(2)14(15-3)10-9-13-8-5-6-11-16-13/h5-6,8,11-12,14-15H,4,7,9-10H2,1-3H3. The molecule has 2 heteroatoms. The van der Waals surface area contributed by atoms with E-state index in [0.29, 0.717) is 6.04 Å². The summed E-state index contributed by atoms with van der Waals surface area (Å²) in [6.07, 6.45) is 6.69. The van der Waals surface area contributed by atoms with E-state index in [1.165, 1.54) is 25.0 Å². The molecule has 16 heavy (non-hydrogen) atoms. The first kappa shape index (κ1) is 13.2. The molecule has 2 unspecified atom stereocenters. The van der Waals surface area contributed by atoms with Gasteiger partial charge in [0.15, 0.2) is 0 Å². The lowest BCUT2D eigenvalue weighted by Gasteiger charge is -2.23. The average Bonchev–Trinajstić information content (AvgIpc) is 2.31. The summed E-state index contributed by atoms with van der Waals surface area (Å²) in [5.74, 6) is 0.749. The molecule has 0 fully saturated rings. The van der Waals surface area contributed by atoms with Crippen molar-refractivity contribution in [2.75, 3.05) is 7.05 Å². The van der Waals surface area contributed by atoms with Crippen LogP contribution in [0.1, 0.15) is 38.8 Å². The van der Waals surface area contributed by atoms with E-state index in [2.05, 4.69) is 43.3 Å². The van der Waals surface area contributed by atoms with Crippen LogP contribution in [0.25, 0.3) is 0 Å². The van der Waals surface area contributed by atoms with Crippen molar-refractivity contribution in [2.45, 2.75) is 45.6 Å². The summed E-state index contributed by atoms with van der Waals surface area (Å²) in [6.45, 7) is 4.59. The Hall–Kier alpha value is -0.890. The highest BCUT2D eigenvalue weighted by molar-refractivity contribution is 5.03. The maximum absolute atomic E-state index is 4.36. The number of hydrogen-bond acceptors (Lipinski definition) is 2. The van der Waals surface area contributed by atoms with Crippen LogP contribution in [0.5, 0.6) is 0 Å².